The molecule has 2 fully saturated rings. The molecule has 4 heteroatoms. The second kappa shape index (κ2) is 5.47. The maximum atomic E-state index is 6.11. The minimum atomic E-state index is -0.0761. The molecule has 0 bridgehead atoms. The fourth-order valence-electron chi connectivity index (χ4n) is 2.95. The van der Waals surface area contributed by atoms with Gasteiger partial charge < -0.3 is 10.6 Å². The van der Waals surface area contributed by atoms with Crippen LogP contribution in [0.3, 0.4) is 0 Å². The molecule has 0 aromatic carbocycles. The second-order valence-electron chi connectivity index (χ2n) is 6.63. The van der Waals surface area contributed by atoms with Gasteiger partial charge in [0.1, 0.15) is 0 Å². The zero-order valence-corrected chi connectivity index (χ0v) is 12.2. The zero-order valence-electron chi connectivity index (χ0n) is 12.2. The van der Waals surface area contributed by atoms with Crippen molar-refractivity contribution in [2.45, 2.75) is 58.0 Å². The van der Waals surface area contributed by atoms with Gasteiger partial charge in [-0.1, -0.05) is 6.42 Å². The highest BCUT2D eigenvalue weighted by atomic mass is 15.3. The monoisotopic (exact) mass is 252 g/mol. The summed E-state index contributed by atoms with van der Waals surface area (Å²) in [6, 6.07) is 0.694. The lowest BCUT2D eigenvalue weighted by atomic mass is 10.1. The highest BCUT2D eigenvalue weighted by Gasteiger charge is 2.29. The second-order valence-corrected chi connectivity index (χ2v) is 6.63. The minimum Gasteiger partial charge on any atom is -0.370 e. The normalized spacial score (nSPS) is 27.8. The van der Waals surface area contributed by atoms with Crippen LogP contribution in [0.15, 0.2) is 4.99 Å². The Morgan fingerprint density at radius 1 is 1.11 bits per heavy atom. The van der Waals surface area contributed by atoms with E-state index in [2.05, 4.69) is 35.6 Å². The van der Waals surface area contributed by atoms with Crippen molar-refractivity contribution in [2.24, 2.45) is 10.7 Å². The van der Waals surface area contributed by atoms with Gasteiger partial charge in [0.25, 0.3) is 0 Å². The van der Waals surface area contributed by atoms with Gasteiger partial charge in [-0.25, -0.2) is 4.99 Å². The molecule has 0 spiro atoms. The van der Waals surface area contributed by atoms with E-state index in [9.17, 15) is 0 Å². The number of nitrogens with two attached hydrogens (primary N) is 1. The molecule has 1 atom stereocenters. The van der Waals surface area contributed by atoms with Crippen LogP contribution in [-0.2, 0) is 0 Å². The van der Waals surface area contributed by atoms with Crippen molar-refractivity contribution in [3.05, 3.63) is 0 Å². The fraction of sp³-hybridized carbons (Fsp3) is 0.929. The number of piperidine rings is 1. The molecule has 1 unspecified atom stereocenters. The van der Waals surface area contributed by atoms with Crippen LogP contribution >= 0.6 is 0 Å². The molecule has 0 amide bonds. The number of guanidine groups is 1. The van der Waals surface area contributed by atoms with Gasteiger partial charge in [0.15, 0.2) is 5.96 Å². The third kappa shape index (κ3) is 3.61. The molecule has 0 aromatic heterocycles. The van der Waals surface area contributed by atoms with Crippen LogP contribution in [-0.4, -0.2) is 53.5 Å². The highest BCUT2D eigenvalue weighted by Crippen LogP contribution is 2.20. The average Bonchev–Trinajstić information content (AvgIpc) is 2.77. The maximum Gasteiger partial charge on any atom is 0.191 e. The third-order valence-electron chi connectivity index (χ3n) is 3.84. The summed E-state index contributed by atoms with van der Waals surface area (Å²) in [6.45, 7) is 11.0. The van der Waals surface area contributed by atoms with Crippen molar-refractivity contribution in [1.29, 1.82) is 0 Å². The van der Waals surface area contributed by atoms with Gasteiger partial charge in [0.05, 0.1) is 5.54 Å². The largest absolute Gasteiger partial charge is 0.370 e. The summed E-state index contributed by atoms with van der Waals surface area (Å²) in [5.41, 5.74) is 6.04. The Labute approximate surface area is 111 Å². The first kappa shape index (κ1) is 13.7. The summed E-state index contributed by atoms with van der Waals surface area (Å²) in [6.07, 6.45) is 5.37. The van der Waals surface area contributed by atoms with E-state index in [1.807, 2.05) is 0 Å². The lowest BCUT2D eigenvalue weighted by molar-refractivity contribution is 0.169. The van der Waals surface area contributed by atoms with E-state index >= 15 is 0 Å². The van der Waals surface area contributed by atoms with Gasteiger partial charge in [-0.15, -0.1) is 0 Å². The van der Waals surface area contributed by atoms with Gasteiger partial charge in [0.2, 0.25) is 0 Å². The lowest BCUT2D eigenvalue weighted by Gasteiger charge is -2.32. The summed E-state index contributed by atoms with van der Waals surface area (Å²) < 4.78 is 0. The standard InChI is InChI=1S/C14H28N4/c1-14(2,3)16-13(15)18-10-7-12(11-18)17-8-5-4-6-9-17/h12H,4-11H2,1-3H3,(H2,15,16). The number of rotatable bonds is 1. The number of hydrogen-bond acceptors (Lipinski definition) is 2. The van der Waals surface area contributed by atoms with Crippen LogP contribution in [0.2, 0.25) is 0 Å². The Balaban J connectivity index is 1.89. The molecule has 0 radical (unpaired) electrons. The summed E-state index contributed by atoms with van der Waals surface area (Å²) in [7, 11) is 0. The Morgan fingerprint density at radius 3 is 2.39 bits per heavy atom. The van der Waals surface area contributed by atoms with E-state index in [1.165, 1.54) is 38.8 Å². The van der Waals surface area contributed by atoms with Gasteiger partial charge in [-0.05, 0) is 53.1 Å². The number of aliphatic imine (C=N–C) groups is 1. The first-order valence-electron chi connectivity index (χ1n) is 7.30. The molecular formula is C14H28N4. The molecule has 104 valence electrons. The summed E-state index contributed by atoms with van der Waals surface area (Å²) in [5.74, 6) is 0.724. The lowest BCUT2D eigenvalue weighted by Crippen LogP contribution is -2.43. The van der Waals surface area contributed by atoms with Crippen molar-refractivity contribution < 1.29 is 0 Å². The summed E-state index contributed by atoms with van der Waals surface area (Å²) in [4.78, 5) is 9.47. The van der Waals surface area contributed by atoms with Gasteiger partial charge in [-0.2, -0.15) is 0 Å². The van der Waals surface area contributed by atoms with E-state index in [1.54, 1.807) is 0 Å². The minimum absolute atomic E-state index is 0.0761. The predicted molar refractivity (Wildman–Crippen MR) is 76.8 cm³/mol. The van der Waals surface area contributed by atoms with Gasteiger partial charge in [-0.3, -0.25) is 4.90 Å². The van der Waals surface area contributed by atoms with E-state index < -0.39 is 0 Å². The summed E-state index contributed by atoms with van der Waals surface area (Å²) >= 11 is 0. The molecule has 0 saturated carbocycles. The van der Waals surface area contributed by atoms with Crippen molar-refractivity contribution >= 4 is 5.96 Å². The van der Waals surface area contributed by atoms with Crippen LogP contribution in [0.25, 0.3) is 0 Å². The molecule has 18 heavy (non-hydrogen) atoms. The molecule has 0 aliphatic carbocycles. The Bertz CT molecular complexity index is 299. The van der Waals surface area contributed by atoms with Crippen molar-refractivity contribution in [1.82, 2.24) is 9.80 Å². The third-order valence-corrected chi connectivity index (χ3v) is 3.84. The Kier molecular flexibility index (Phi) is 4.15. The van der Waals surface area contributed by atoms with E-state index in [4.69, 9.17) is 5.73 Å². The van der Waals surface area contributed by atoms with Gasteiger partial charge in [0, 0.05) is 19.1 Å². The number of hydrogen-bond donors (Lipinski definition) is 1. The molecule has 2 saturated heterocycles. The fourth-order valence-corrected chi connectivity index (χ4v) is 2.95. The highest BCUT2D eigenvalue weighted by molar-refractivity contribution is 5.78. The van der Waals surface area contributed by atoms with Crippen LogP contribution in [0.4, 0.5) is 0 Å². The quantitative estimate of drug-likeness (QED) is 0.570. The van der Waals surface area contributed by atoms with E-state index in [0.717, 1.165) is 19.0 Å². The molecule has 2 N–H and O–H groups in total. The van der Waals surface area contributed by atoms with Crippen LogP contribution < -0.4 is 5.73 Å². The maximum absolute atomic E-state index is 6.11. The molecule has 2 aliphatic rings. The Hall–Kier alpha value is -0.770. The Morgan fingerprint density at radius 2 is 1.78 bits per heavy atom. The molecule has 2 rings (SSSR count). The zero-order chi connectivity index (χ0) is 13.2. The molecular weight excluding hydrogens is 224 g/mol. The first-order valence-corrected chi connectivity index (χ1v) is 7.30. The smallest absolute Gasteiger partial charge is 0.191 e. The molecule has 2 heterocycles. The van der Waals surface area contributed by atoms with E-state index in [0.29, 0.717) is 6.04 Å². The van der Waals surface area contributed by atoms with Crippen molar-refractivity contribution in [3.63, 3.8) is 0 Å². The summed E-state index contributed by atoms with van der Waals surface area (Å²) in [5, 5.41) is 0. The SMILES string of the molecule is CC(C)(C)N=C(N)N1CCC(N2CCCCC2)C1. The molecule has 4 nitrogen and oxygen atoms in total. The predicted octanol–water partition coefficient (Wildman–Crippen LogP) is 1.66. The van der Waals surface area contributed by atoms with Gasteiger partial charge >= 0.3 is 0 Å². The molecule has 0 aromatic rings. The van der Waals surface area contributed by atoms with Crippen LogP contribution in [0, 0.1) is 0 Å². The number of nitrogens with zero attached hydrogens (tertiary/aromatic N) is 3. The number of likely N-dealkylation sites (tertiary alicyclic amines) is 2. The average molecular weight is 252 g/mol. The van der Waals surface area contributed by atoms with Crippen molar-refractivity contribution in [2.75, 3.05) is 26.2 Å². The van der Waals surface area contributed by atoms with Crippen LogP contribution in [0.5, 0.6) is 0 Å². The molecule has 2 aliphatic heterocycles. The topological polar surface area (TPSA) is 44.9 Å². The van der Waals surface area contributed by atoms with E-state index in [-0.39, 0.29) is 5.54 Å². The first-order chi connectivity index (χ1) is 8.46. The van der Waals surface area contributed by atoms with Crippen LogP contribution in [0.1, 0.15) is 46.5 Å². The van der Waals surface area contributed by atoms with Crippen molar-refractivity contribution in [3.8, 4) is 0 Å².